The Hall–Kier alpha value is -3.03. The second kappa shape index (κ2) is 13.7. The lowest BCUT2D eigenvalue weighted by molar-refractivity contribution is 0.101. The van der Waals surface area contributed by atoms with E-state index in [2.05, 4.69) is 19.6 Å². The van der Waals surface area contributed by atoms with Gasteiger partial charge in [-0.1, -0.05) is 45.3 Å². The molecule has 7 heteroatoms. The van der Waals surface area contributed by atoms with Gasteiger partial charge in [0.1, 0.15) is 22.8 Å². The summed E-state index contributed by atoms with van der Waals surface area (Å²) in [7, 11) is 0. The molecule has 0 saturated heterocycles. The zero-order valence-electron chi connectivity index (χ0n) is 22.6. The Bertz CT molecular complexity index is 1350. The van der Waals surface area contributed by atoms with Crippen LogP contribution in [0.15, 0.2) is 56.6 Å². The van der Waals surface area contributed by atoms with E-state index in [-0.39, 0.29) is 17.0 Å². The monoisotopic (exact) mass is 538 g/mol. The lowest BCUT2D eigenvalue weighted by atomic mass is 9.87. The van der Waals surface area contributed by atoms with E-state index in [0.29, 0.717) is 69.9 Å². The number of unbranched alkanes of at least 4 members (excludes halogenated alkanes) is 1. The van der Waals surface area contributed by atoms with Crippen molar-refractivity contribution >= 4 is 29.4 Å². The van der Waals surface area contributed by atoms with Gasteiger partial charge >= 0.3 is 0 Å². The van der Waals surface area contributed by atoms with Crippen molar-refractivity contribution in [1.29, 1.82) is 0 Å². The van der Waals surface area contributed by atoms with Crippen molar-refractivity contribution in [1.82, 2.24) is 0 Å². The number of carbonyl (C=O) groups excluding carboxylic acids is 1. The van der Waals surface area contributed by atoms with E-state index in [1.54, 1.807) is 25.1 Å². The van der Waals surface area contributed by atoms with Gasteiger partial charge in [-0.05, 0) is 62.9 Å². The Labute approximate surface area is 229 Å². The first-order chi connectivity index (χ1) is 18.2. The number of aromatic hydroxyl groups is 1. The molecule has 0 unspecified atom stereocenters. The number of ether oxygens (including phenoxy) is 1. The molecule has 1 heterocycles. The molecular formula is C31H38O6S. The summed E-state index contributed by atoms with van der Waals surface area (Å²) in [5.41, 5.74) is 1.93. The maximum atomic E-state index is 12.9. The van der Waals surface area contributed by atoms with Crippen molar-refractivity contribution in [2.75, 3.05) is 6.61 Å². The van der Waals surface area contributed by atoms with Gasteiger partial charge < -0.3 is 19.4 Å². The number of ketones is 1. The predicted molar refractivity (Wildman–Crippen MR) is 154 cm³/mol. The van der Waals surface area contributed by atoms with Crippen LogP contribution < -0.4 is 10.2 Å². The number of hydrogen-bond acceptors (Lipinski definition) is 7. The Morgan fingerprint density at radius 2 is 1.95 bits per heavy atom. The normalized spacial score (nSPS) is 13.2. The highest BCUT2D eigenvalue weighted by Crippen LogP contribution is 2.34. The molecule has 2 aromatic carbocycles. The molecule has 2 N–H and O–H groups in total. The molecule has 0 radical (unpaired) electrons. The molecule has 6 nitrogen and oxygen atoms in total. The molecule has 0 saturated carbocycles. The number of rotatable bonds is 13. The van der Waals surface area contributed by atoms with Crippen molar-refractivity contribution < 1.29 is 24.2 Å². The summed E-state index contributed by atoms with van der Waals surface area (Å²) in [5.74, 6) is 0.455. The topological polar surface area (TPSA) is 97.0 Å². The van der Waals surface area contributed by atoms with E-state index in [4.69, 9.17) is 9.15 Å². The van der Waals surface area contributed by atoms with Crippen LogP contribution in [0.3, 0.4) is 0 Å². The molecule has 3 aromatic rings. The second-order valence-corrected chi connectivity index (χ2v) is 10.2. The minimum Gasteiger partial charge on any atom is -0.507 e. The van der Waals surface area contributed by atoms with Gasteiger partial charge in [-0.15, -0.1) is 12.6 Å². The summed E-state index contributed by atoms with van der Waals surface area (Å²) in [6.45, 7) is 7.58. The third-order valence-corrected chi connectivity index (χ3v) is 6.86. The standard InChI is InChI=1S/C31H38O6S/c1-5-7-12-26(33)23(25-17-21(38)18-29-30(25)27(34)16-19(3)37-29)11-8-9-15-36-28-14-13-22(20(4)32)31(35)24(28)10-6-2/h8,11,13-14,16-18,23,26,33,35,38H,5-7,9-10,12,15H2,1-4H3/t23-,26+/m0/s1. The molecule has 2 atom stereocenters. The molecular weight excluding hydrogens is 500 g/mol. The maximum Gasteiger partial charge on any atom is 0.193 e. The van der Waals surface area contributed by atoms with Gasteiger partial charge in [0, 0.05) is 22.4 Å². The summed E-state index contributed by atoms with van der Waals surface area (Å²) < 4.78 is 11.8. The number of aliphatic hydroxyl groups is 1. The molecule has 0 spiro atoms. The molecule has 38 heavy (non-hydrogen) atoms. The van der Waals surface area contributed by atoms with E-state index < -0.39 is 12.0 Å². The highest BCUT2D eigenvalue weighted by Gasteiger charge is 2.23. The summed E-state index contributed by atoms with van der Waals surface area (Å²) in [6, 6.07) is 8.34. The minimum atomic E-state index is -0.682. The van der Waals surface area contributed by atoms with Gasteiger partial charge in [-0.25, -0.2) is 0 Å². The van der Waals surface area contributed by atoms with Crippen molar-refractivity contribution in [3.05, 3.63) is 75.2 Å². The number of phenolic OH excluding ortho intramolecular Hbond substituents is 1. The lowest BCUT2D eigenvalue weighted by Crippen LogP contribution is -2.19. The summed E-state index contributed by atoms with van der Waals surface area (Å²) in [6.07, 6.45) is 7.53. The van der Waals surface area contributed by atoms with Crippen molar-refractivity contribution in [3.63, 3.8) is 0 Å². The van der Waals surface area contributed by atoms with Gasteiger partial charge in [-0.3, -0.25) is 9.59 Å². The number of aliphatic hydroxyl groups excluding tert-OH is 1. The smallest absolute Gasteiger partial charge is 0.193 e. The number of Topliss-reactive ketones (excluding diaryl/α,β-unsaturated/α-hetero) is 1. The lowest BCUT2D eigenvalue weighted by Gasteiger charge is -2.22. The van der Waals surface area contributed by atoms with Crippen LogP contribution in [-0.4, -0.2) is 28.7 Å². The average molecular weight is 539 g/mol. The van der Waals surface area contributed by atoms with Crippen molar-refractivity contribution in [2.45, 2.75) is 83.1 Å². The van der Waals surface area contributed by atoms with Gasteiger partial charge in [0.25, 0.3) is 0 Å². The van der Waals surface area contributed by atoms with Crippen LogP contribution >= 0.6 is 12.6 Å². The van der Waals surface area contributed by atoms with E-state index in [1.165, 1.54) is 13.0 Å². The summed E-state index contributed by atoms with van der Waals surface area (Å²) in [4.78, 5) is 25.4. The quantitative estimate of drug-likeness (QED) is 0.0947. The summed E-state index contributed by atoms with van der Waals surface area (Å²) >= 11 is 4.52. The first-order valence-electron chi connectivity index (χ1n) is 13.3. The fraction of sp³-hybridized carbons (Fsp3) is 0.419. The third-order valence-electron chi connectivity index (χ3n) is 6.60. The van der Waals surface area contributed by atoms with Crippen LogP contribution in [0.5, 0.6) is 11.5 Å². The Balaban J connectivity index is 1.85. The number of fused-ring (bicyclic) bond motifs is 1. The molecule has 0 amide bonds. The molecule has 1 aromatic heterocycles. The Morgan fingerprint density at radius 1 is 1.18 bits per heavy atom. The minimum absolute atomic E-state index is 0.0147. The SMILES string of the molecule is CCCC[C@@H](O)[C@@H](C=CCCOc1ccc(C(C)=O)c(O)c1CCC)c1cc(S)cc2oc(C)cc(=O)c12. The van der Waals surface area contributed by atoms with Crippen molar-refractivity contribution in [2.24, 2.45) is 0 Å². The molecule has 0 aliphatic carbocycles. The van der Waals surface area contributed by atoms with Crippen LogP contribution in [0.1, 0.15) is 86.0 Å². The van der Waals surface area contributed by atoms with Crippen LogP contribution in [0.25, 0.3) is 11.0 Å². The number of thiol groups is 1. The van der Waals surface area contributed by atoms with Crippen LogP contribution in [-0.2, 0) is 6.42 Å². The van der Waals surface area contributed by atoms with Gasteiger partial charge in [-0.2, -0.15) is 0 Å². The Kier molecular flexibility index (Phi) is 10.6. The Morgan fingerprint density at radius 3 is 2.63 bits per heavy atom. The predicted octanol–water partition coefficient (Wildman–Crippen LogP) is 6.91. The fourth-order valence-corrected chi connectivity index (χ4v) is 4.99. The van der Waals surface area contributed by atoms with Crippen LogP contribution in [0, 0.1) is 6.92 Å². The summed E-state index contributed by atoms with van der Waals surface area (Å²) in [5, 5.41) is 22.2. The van der Waals surface area contributed by atoms with Crippen molar-refractivity contribution in [3.8, 4) is 11.5 Å². The highest BCUT2D eigenvalue weighted by molar-refractivity contribution is 7.80. The molecule has 0 fully saturated rings. The highest BCUT2D eigenvalue weighted by atomic mass is 32.1. The number of phenols is 1. The molecule has 204 valence electrons. The van der Waals surface area contributed by atoms with Gasteiger partial charge in [0.05, 0.1) is 23.7 Å². The first-order valence-corrected chi connectivity index (χ1v) is 13.7. The second-order valence-electron chi connectivity index (χ2n) is 9.67. The average Bonchev–Trinajstić information content (AvgIpc) is 2.85. The number of hydrogen-bond donors (Lipinski definition) is 3. The molecule has 0 aliphatic heterocycles. The zero-order valence-corrected chi connectivity index (χ0v) is 23.5. The van der Waals surface area contributed by atoms with Gasteiger partial charge in [0.15, 0.2) is 11.2 Å². The van der Waals surface area contributed by atoms with E-state index in [0.717, 1.165) is 19.3 Å². The van der Waals surface area contributed by atoms with Crippen LogP contribution in [0.2, 0.25) is 0 Å². The van der Waals surface area contributed by atoms with E-state index in [9.17, 15) is 19.8 Å². The largest absolute Gasteiger partial charge is 0.507 e. The van der Waals surface area contributed by atoms with Gasteiger partial charge in [0.2, 0.25) is 0 Å². The van der Waals surface area contributed by atoms with Crippen LogP contribution in [0.4, 0.5) is 0 Å². The third kappa shape index (κ3) is 7.08. The van der Waals surface area contributed by atoms with E-state index in [1.807, 2.05) is 25.1 Å². The number of aryl methyl sites for hydroxylation is 1. The maximum absolute atomic E-state index is 12.9. The molecule has 0 aliphatic rings. The zero-order chi connectivity index (χ0) is 27.8. The number of carbonyl (C=O) groups is 1. The van der Waals surface area contributed by atoms with E-state index >= 15 is 0 Å². The first kappa shape index (κ1) is 29.5. The number of benzene rings is 2. The molecule has 3 rings (SSSR count). The fourth-order valence-electron chi connectivity index (χ4n) is 4.73. The molecule has 0 bridgehead atoms.